The van der Waals surface area contributed by atoms with Crippen molar-refractivity contribution < 1.29 is 9.59 Å². The van der Waals surface area contributed by atoms with Gasteiger partial charge in [0.2, 0.25) is 11.8 Å². The first-order valence-electron chi connectivity index (χ1n) is 8.40. The van der Waals surface area contributed by atoms with Crippen molar-refractivity contribution in [2.75, 3.05) is 26.2 Å². The van der Waals surface area contributed by atoms with Gasteiger partial charge in [-0.15, -0.1) is 0 Å². The highest BCUT2D eigenvalue weighted by Crippen LogP contribution is 2.17. The first-order valence-corrected chi connectivity index (χ1v) is 8.40. The van der Waals surface area contributed by atoms with Gasteiger partial charge < -0.3 is 10.2 Å². The molecule has 0 radical (unpaired) electrons. The minimum absolute atomic E-state index is 0.0263. The molecule has 1 unspecified atom stereocenters. The molecule has 0 saturated carbocycles. The van der Waals surface area contributed by atoms with Gasteiger partial charge in [0.25, 0.3) is 0 Å². The molecule has 3 rings (SSSR count). The lowest BCUT2D eigenvalue weighted by atomic mass is 10.0. The van der Waals surface area contributed by atoms with E-state index in [-0.39, 0.29) is 24.4 Å². The summed E-state index contributed by atoms with van der Waals surface area (Å²) in [7, 11) is 0. The lowest BCUT2D eigenvalue weighted by Crippen LogP contribution is -2.65. The van der Waals surface area contributed by atoms with Crippen molar-refractivity contribution in [3.05, 3.63) is 35.4 Å². The van der Waals surface area contributed by atoms with Crippen LogP contribution in [-0.2, 0) is 22.6 Å². The second-order valence-corrected chi connectivity index (χ2v) is 6.97. The van der Waals surface area contributed by atoms with Crippen LogP contribution in [-0.4, -0.2) is 53.8 Å². The van der Waals surface area contributed by atoms with Crippen LogP contribution >= 0.6 is 0 Å². The van der Waals surface area contributed by atoms with Gasteiger partial charge in [-0.2, -0.15) is 0 Å². The Morgan fingerprint density at radius 1 is 1.13 bits per heavy atom. The largest absolute Gasteiger partial charge is 0.345 e. The maximum atomic E-state index is 12.0. The van der Waals surface area contributed by atoms with E-state index in [4.69, 9.17) is 0 Å². The molecular formula is C18H25N3O2. The normalized spacial score (nSPS) is 22.2. The van der Waals surface area contributed by atoms with Crippen LogP contribution in [0.5, 0.6) is 0 Å². The van der Waals surface area contributed by atoms with Crippen molar-refractivity contribution in [2.45, 2.75) is 32.9 Å². The van der Waals surface area contributed by atoms with Crippen molar-refractivity contribution in [3.8, 4) is 0 Å². The average molecular weight is 315 g/mol. The van der Waals surface area contributed by atoms with Crippen LogP contribution in [0.4, 0.5) is 0 Å². The Balaban J connectivity index is 1.60. The van der Waals surface area contributed by atoms with E-state index in [2.05, 4.69) is 48.3 Å². The van der Waals surface area contributed by atoms with E-state index in [0.29, 0.717) is 19.0 Å². The minimum atomic E-state index is -0.329. The minimum Gasteiger partial charge on any atom is -0.345 e. The Kier molecular flexibility index (Phi) is 4.66. The number of rotatable bonds is 4. The summed E-state index contributed by atoms with van der Waals surface area (Å²) in [4.78, 5) is 27.8. The van der Waals surface area contributed by atoms with Crippen LogP contribution in [0.25, 0.3) is 0 Å². The van der Waals surface area contributed by atoms with E-state index in [1.807, 2.05) is 0 Å². The Hall–Kier alpha value is -1.88. The predicted molar refractivity (Wildman–Crippen MR) is 88.8 cm³/mol. The zero-order valence-corrected chi connectivity index (χ0v) is 13.9. The van der Waals surface area contributed by atoms with Crippen molar-refractivity contribution >= 4 is 11.8 Å². The average Bonchev–Trinajstić information content (AvgIpc) is 2.53. The molecule has 5 heteroatoms. The maximum Gasteiger partial charge on any atom is 0.244 e. The van der Waals surface area contributed by atoms with Gasteiger partial charge >= 0.3 is 0 Å². The fourth-order valence-corrected chi connectivity index (χ4v) is 3.40. The molecule has 2 fully saturated rings. The monoisotopic (exact) mass is 315 g/mol. The molecule has 2 amide bonds. The van der Waals surface area contributed by atoms with Gasteiger partial charge in [0.15, 0.2) is 0 Å². The second-order valence-electron chi connectivity index (χ2n) is 6.97. The highest BCUT2D eigenvalue weighted by atomic mass is 16.2. The fourth-order valence-electron chi connectivity index (χ4n) is 3.40. The van der Waals surface area contributed by atoms with E-state index in [0.717, 1.165) is 19.5 Å². The van der Waals surface area contributed by atoms with Crippen LogP contribution < -0.4 is 5.32 Å². The Morgan fingerprint density at radius 2 is 1.83 bits per heavy atom. The highest BCUT2D eigenvalue weighted by molar-refractivity contribution is 5.95. The second kappa shape index (κ2) is 6.71. The molecule has 0 bridgehead atoms. The van der Waals surface area contributed by atoms with Gasteiger partial charge in [0.05, 0.1) is 6.54 Å². The summed E-state index contributed by atoms with van der Waals surface area (Å²) in [5.41, 5.74) is 2.62. The number of piperazine rings is 2. The number of carbonyl (C=O) groups excluding carboxylic acids is 2. The number of carbonyl (C=O) groups is 2. The highest BCUT2D eigenvalue weighted by Gasteiger charge is 2.38. The number of benzene rings is 1. The summed E-state index contributed by atoms with van der Waals surface area (Å²) in [6.07, 6.45) is 1.10. The number of amides is 2. The molecule has 1 aromatic carbocycles. The molecule has 2 heterocycles. The van der Waals surface area contributed by atoms with Gasteiger partial charge in [-0.3, -0.25) is 14.5 Å². The predicted octanol–water partition coefficient (Wildman–Crippen LogP) is 1.03. The maximum absolute atomic E-state index is 12.0. The SMILES string of the molecule is CC(C)Cc1ccc(CN2CCN3C(=O)CNC(=O)C3C2)cc1. The summed E-state index contributed by atoms with van der Waals surface area (Å²) >= 11 is 0. The van der Waals surface area contributed by atoms with Gasteiger partial charge in [0.1, 0.15) is 6.04 Å². The molecule has 23 heavy (non-hydrogen) atoms. The van der Waals surface area contributed by atoms with Gasteiger partial charge in [0, 0.05) is 26.2 Å². The molecule has 2 saturated heterocycles. The zero-order chi connectivity index (χ0) is 16.4. The Morgan fingerprint density at radius 3 is 2.52 bits per heavy atom. The van der Waals surface area contributed by atoms with Crippen molar-refractivity contribution in [1.29, 1.82) is 0 Å². The molecule has 2 aliphatic heterocycles. The third kappa shape index (κ3) is 3.72. The molecular weight excluding hydrogens is 290 g/mol. The van der Waals surface area contributed by atoms with E-state index in [1.54, 1.807) is 4.90 Å². The molecule has 0 aliphatic carbocycles. The van der Waals surface area contributed by atoms with Crippen molar-refractivity contribution in [2.24, 2.45) is 5.92 Å². The number of nitrogens with one attached hydrogen (secondary N) is 1. The number of hydrogen-bond donors (Lipinski definition) is 1. The topological polar surface area (TPSA) is 52.6 Å². The van der Waals surface area contributed by atoms with Crippen LogP contribution in [0.3, 0.4) is 0 Å². The summed E-state index contributed by atoms with van der Waals surface area (Å²) in [5, 5.41) is 2.68. The number of hydrogen-bond acceptors (Lipinski definition) is 3. The molecule has 124 valence electrons. The number of nitrogens with zero attached hydrogens (tertiary/aromatic N) is 2. The van der Waals surface area contributed by atoms with E-state index < -0.39 is 0 Å². The molecule has 1 N–H and O–H groups in total. The molecule has 1 aromatic rings. The molecule has 5 nitrogen and oxygen atoms in total. The zero-order valence-electron chi connectivity index (χ0n) is 13.9. The quantitative estimate of drug-likeness (QED) is 0.903. The summed E-state index contributed by atoms with van der Waals surface area (Å²) in [5.74, 6) is 0.671. The Bertz CT molecular complexity index is 582. The van der Waals surface area contributed by atoms with Crippen LogP contribution in [0, 0.1) is 5.92 Å². The molecule has 0 aromatic heterocycles. The molecule has 1 atom stereocenters. The van der Waals surface area contributed by atoms with Gasteiger partial charge in [-0.25, -0.2) is 0 Å². The number of fused-ring (bicyclic) bond motifs is 1. The van der Waals surface area contributed by atoms with E-state index in [9.17, 15) is 9.59 Å². The Labute approximate surface area is 137 Å². The molecule has 0 spiro atoms. The molecule has 2 aliphatic rings. The third-order valence-electron chi connectivity index (χ3n) is 4.57. The van der Waals surface area contributed by atoms with E-state index >= 15 is 0 Å². The van der Waals surface area contributed by atoms with Crippen LogP contribution in [0.15, 0.2) is 24.3 Å². The van der Waals surface area contributed by atoms with Crippen LogP contribution in [0.2, 0.25) is 0 Å². The first kappa shape index (κ1) is 16.0. The van der Waals surface area contributed by atoms with Crippen molar-refractivity contribution in [3.63, 3.8) is 0 Å². The third-order valence-corrected chi connectivity index (χ3v) is 4.57. The van der Waals surface area contributed by atoms with Crippen molar-refractivity contribution in [1.82, 2.24) is 15.1 Å². The summed E-state index contributed by atoms with van der Waals surface area (Å²) in [6, 6.07) is 8.42. The smallest absolute Gasteiger partial charge is 0.244 e. The first-order chi connectivity index (χ1) is 11.0. The van der Waals surface area contributed by atoms with Gasteiger partial charge in [-0.05, 0) is 23.5 Å². The standard InChI is InChI=1S/C18H25N3O2/c1-13(2)9-14-3-5-15(6-4-14)11-20-7-8-21-16(12-20)18(23)19-10-17(21)22/h3-6,13,16H,7-12H2,1-2H3,(H,19,23). The van der Waals surface area contributed by atoms with Crippen LogP contribution in [0.1, 0.15) is 25.0 Å². The summed E-state index contributed by atoms with van der Waals surface area (Å²) in [6.45, 7) is 7.51. The lowest BCUT2D eigenvalue weighted by molar-refractivity contribution is -0.149. The van der Waals surface area contributed by atoms with E-state index in [1.165, 1.54) is 11.1 Å². The van der Waals surface area contributed by atoms with Gasteiger partial charge in [-0.1, -0.05) is 38.1 Å². The lowest BCUT2D eigenvalue weighted by Gasteiger charge is -2.43. The summed E-state index contributed by atoms with van der Waals surface area (Å²) < 4.78 is 0. The fraction of sp³-hybridized carbons (Fsp3) is 0.556.